The Hall–Kier alpha value is -2.88. The lowest BCUT2D eigenvalue weighted by Gasteiger charge is -2.35. The van der Waals surface area contributed by atoms with Gasteiger partial charge in [-0.3, -0.25) is 4.90 Å². The van der Waals surface area contributed by atoms with Crippen LogP contribution in [0.3, 0.4) is 0 Å². The maximum absolute atomic E-state index is 5.64. The standard InChI is InChI=1S/C25H31N7O2.2ClH/c1-3-34-22-6-5-19(15-23(22)33-2)17-30-10-7-21-20(18-30)16-28-25(29-21)32-13-11-31(12-14-32)24-26-8-4-9-27-24;;/h4-6,8-9,15-16H,3,7,10-14,17-18H2,1-2H3;2*1H. The predicted octanol–water partition coefficient (Wildman–Crippen LogP) is 3.40. The molecule has 0 amide bonds. The SMILES string of the molecule is CCOc1ccc(CN2CCc3nc(N4CCN(c5ncccn5)CC4)ncc3C2)cc1OC.Cl.Cl. The van der Waals surface area contributed by atoms with Crippen molar-refractivity contribution < 1.29 is 9.47 Å². The number of hydrogen-bond donors (Lipinski definition) is 0. The van der Waals surface area contributed by atoms with Crippen molar-refractivity contribution in [3.63, 3.8) is 0 Å². The Balaban J connectivity index is 0.00000180. The monoisotopic (exact) mass is 533 g/mol. The first-order valence-electron chi connectivity index (χ1n) is 11.9. The molecule has 2 aliphatic rings. The first-order chi connectivity index (χ1) is 16.7. The molecule has 0 aliphatic carbocycles. The fraction of sp³-hybridized carbons (Fsp3) is 0.440. The Kier molecular flexibility index (Phi) is 9.92. The summed E-state index contributed by atoms with van der Waals surface area (Å²) in [6, 6.07) is 8.02. The zero-order chi connectivity index (χ0) is 23.3. The fourth-order valence-corrected chi connectivity index (χ4v) is 4.56. The zero-order valence-electron chi connectivity index (χ0n) is 20.7. The molecule has 1 saturated heterocycles. The van der Waals surface area contributed by atoms with Crippen LogP contribution in [0.25, 0.3) is 0 Å². The highest BCUT2D eigenvalue weighted by Gasteiger charge is 2.24. The van der Waals surface area contributed by atoms with Crippen LogP contribution in [0.2, 0.25) is 0 Å². The lowest BCUT2D eigenvalue weighted by atomic mass is 10.1. The van der Waals surface area contributed by atoms with E-state index in [9.17, 15) is 0 Å². The van der Waals surface area contributed by atoms with Crippen LogP contribution < -0.4 is 19.3 Å². The highest BCUT2D eigenvalue weighted by atomic mass is 35.5. The molecule has 0 spiro atoms. The molecule has 11 heteroatoms. The second-order valence-corrected chi connectivity index (χ2v) is 8.54. The van der Waals surface area contributed by atoms with E-state index < -0.39 is 0 Å². The van der Waals surface area contributed by atoms with Gasteiger partial charge in [0.25, 0.3) is 0 Å². The van der Waals surface area contributed by atoms with Gasteiger partial charge in [0.05, 0.1) is 19.4 Å². The minimum absolute atomic E-state index is 0. The highest BCUT2D eigenvalue weighted by molar-refractivity contribution is 5.85. The number of piperazine rings is 1. The molecule has 2 aromatic heterocycles. The van der Waals surface area contributed by atoms with Gasteiger partial charge in [-0.05, 0) is 30.7 Å². The predicted molar refractivity (Wildman–Crippen MR) is 145 cm³/mol. The molecule has 1 fully saturated rings. The molecular formula is C25H33Cl2N7O2. The van der Waals surface area contributed by atoms with Crippen molar-refractivity contribution in [1.82, 2.24) is 24.8 Å². The van der Waals surface area contributed by atoms with Gasteiger partial charge in [-0.15, -0.1) is 24.8 Å². The van der Waals surface area contributed by atoms with E-state index in [1.165, 1.54) is 16.8 Å². The van der Waals surface area contributed by atoms with Crippen molar-refractivity contribution in [1.29, 1.82) is 0 Å². The van der Waals surface area contributed by atoms with Crippen LogP contribution in [0.5, 0.6) is 11.5 Å². The summed E-state index contributed by atoms with van der Waals surface area (Å²) in [5.74, 6) is 3.19. The van der Waals surface area contributed by atoms with E-state index in [0.717, 1.165) is 75.6 Å². The van der Waals surface area contributed by atoms with Crippen LogP contribution in [0.1, 0.15) is 23.7 Å². The molecule has 0 unspecified atom stereocenters. The molecular weight excluding hydrogens is 501 g/mol. The van der Waals surface area contributed by atoms with E-state index in [2.05, 4.69) is 36.8 Å². The molecule has 1 aromatic carbocycles. The van der Waals surface area contributed by atoms with E-state index in [-0.39, 0.29) is 24.8 Å². The minimum atomic E-state index is 0. The number of fused-ring (bicyclic) bond motifs is 1. The third kappa shape index (κ3) is 6.27. The summed E-state index contributed by atoms with van der Waals surface area (Å²) in [4.78, 5) is 25.3. The summed E-state index contributed by atoms with van der Waals surface area (Å²) in [7, 11) is 1.68. The largest absolute Gasteiger partial charge is 0.493 e. The normalized spacial score (nSPS) is 15.4. The molecule has 36 heavy (non-hydrogen) atoms. The van der Waals surface area contributed by atoms with Crippen LogP contribution in [0.4, 0.5) is 11.9 Å². The molecule has 0 saturated carbocycles. The summed E-state index contributed by atoms with van der Waals surface area (Å²) in [5.41, 5.74) is 3.59. The molecule has 2 aliphatic heterocycles. The zero-order valence-corrected chi connectivity index (χ0v) is 22.3. The minimum Gasteiger partial charge on any atom is -0.493 e. The number of anilines is 2. The number of aromatic nitrogens is 4. The first kappa shape index (κ1) is 27.7. The molecule has 9 nitrogen and oxygen atoms in total. The van der Waals surface area contributed by atoms with Crippen molar-refractivity contribution in [2.45, 2.75) is 26.4 Å². The number of methoxy groups -OCH3 is 1. The van der Waals surface area contributed by atoms with Gasteiger partial charge in [0.2, 0.25) is 11.9 Å². The third-order valence-corrected chi connectivity index (χ3v) is 6.33. The second kappa shape index (κ2) is 12.9. The molecule has 0 atom stereocenters. The first-order valence-corrected chi connectivity index (χ1v) is 11.9. The fourth-order valence-electron chi connectivity index (χ4n) is 4.56. The van der Waals surface area contributed by atoms with Crippen molar-refractivity contribution in [3.05, 3.63) is 59.7 Å². The molecule has 4 heterocycles. The average molecular weight is 534 g/mol. The van der Waals surface area contributed by atoms with Crippen molar-refractivity contribution in [3.8, 4) is 11.5 Å². The number of hydrogen-bond acceptors (Lipinski definition) is 9. The summed E-state index contributed by atoms with van der Waals surface area (Å²) in [6.07, 6.45) is 6.51. The number of nitrogens with zero attached hydrogens (tertiary/aromatic N) is 7. The number of benzene rings is 1. The van der Waals surface area contributed by atoms with Gasteiger partial charge >= 0.3 is 0 Å². The maximum Gasteiger partial charge on any atom is 0.225 e. The molecule has 194 valence electrons. The van der Waals surface area contributed by atoms with Crippen LogP contribution in [-0.4, -0.2) is 71.3 Å². The van der Waals surface area contributed by atoms with Gasteiger partial charge < -0.3 is 19.3 Å². The summed E-state index contributed by atoms with van der Waals surface area (Å²) in [6.45, 7) is 8.73. The van der Waals surface area contributed by atoms with Crippen molar-refractivity contribution in [2.24, 2.45) is 0 Å². The van der Waals surface area contributed by atoms with Gasteiger partial charge in [-0.1, -0.05) is 6.07 Å². The van der Waals surface area contributed by atoms with Crippen molar-refractivity contribution in [2.75, 3.05) is 56.2 Å². The molecule has 5 rings (SSSR count). The quantitative estimate of drug-likeness (QED) is 0.453. The van der Waals surface area contributed by atoms with E-state index in [4.69, 9.17) is 19.4 Å². The number of halogens is 2. The van der Waals surface area contributed by atoms with Crippen LogP contribution >= 0.6 is 24.8 Å². The lowest BCUT2D eigenvalue weighted by Crippen LogP contribution is -2.47. The van der Waals surface area contributed by atoms with Gasteiger partial charge in [0.15, 0.2) is 11.5 Å². The van der Waals surface area contributed by atoms with Crippen LogP contribution in [0.15, 0.2) is 42.9 Å². The molecule has 3 aromatic rings. The smallest absolute Gasteiger partial charge is 0.225 e. The number of ether oxygens (including phenoxy) is 2. The summed E-state index contributed by atoms with van der Waals surface area (Å²) >= 11 is 0. The Morgan fingerprint density at radius 3 is 2.31 bits per heavy atom. The van der Waals surface area contributed by atoms with Gasteiger partial charge in [0, 0.05) is 76.4 Å². The summed E-state index contributed by atoms with van der Waals surface area (Å²) < 4.78 is 11.1. The third-order valence-electron chi connectivity index (χ3n) is 6.33. The van der Waals surface area contributed by atoms with Crippen LogP contribution in [0, 0.1) is 0 Å². The highest BCUT2D eigenvalue weighted by Crippen LogP contribution is 2.29. The van der Waals surface area contributed by atoms with E-state index >= 15 is 0 Å². The number of rotatable bonds is 7. The Bertz CT molecular complexity index is 1110. The Labute approximate surface area is 224 Å². The Morgan fingerprint density at radius 1 is 0.889 bits per heavy atom. The van der Waals surface area contributed by atoms with Crippen molar-refractivity contribution >= 4 is 36.7 Å². The van der Waals surface area contributed by atoms with E-state index in [1.807, 2.05) is 25.3 Å². The summed E-state index contributed by atoms with van der Waals surface area (Å²) in [5, 5.41) is 0. The van der Waals surface area contributed by atoms with Gasteiger partial charge in [0.1, 0.15) is 0 Å². The lowest BCUT2D eigenvalue weighted by molar-refractivity contribution is 0.242. The molecule has 0 N–H and O–H groups in total. The maximum atomic E-state index is 5.64. The van der Waals surface area contributed by atoms with Crippen LogP contribution in [-0.2, 0) is 19.5 Å². The second-order valence-electron chi connectivity index (χ2n) is 8.54. The average Bonchev–Trinajstić information content (AvgIpc) is 2.90. The Morgan fingerprint density at radius 2 is 1.61 bits per heavy atom. The molecule has 0 bridgehead atoms. The topological polar surface area (TPSA) is 79.7 Å². The van der Waals surface area contributed by atoms with Gasteiger partial charge in [-0.2, -0.15) is 0 Å². The van der Waals surface area contributed by atoms with E-state index in [0.29, 0.717) is 6.61 Å². The van der Waals surface area contributed by atoms with Gasteiger partial charge in [-0.25, -0.2) is 19.9 Å². The molecule has 0 radical (unpaired) electrons. The van der Waals surface area contributed by atoms with E-state index in [1.54, 1.807) is 19.5 Å².